The monoisotopic (exact) mass is 570 g/mol. The molecule has 2 aliphatic rings. The van der Waals surface area contributed by atoms with Crippen molar-refractivity contribution in [2.24, 2.45) is 0 Å². The minimum Gasteiger partial charge on any atom is -0.433 e. The van der Waals surface area contributed by atoms with E-state index in [4.69, 9.17) is 15.2 Å². The SMILES string of the molecule is Cc1cc(Oc2c(F)cccc2F)ncc1-n1ncc(C(=O)c2cc3cc4c(cc3[nH]2)CCN(C2CCOC2)C4)c1N. The number of benzene rings is 2. The van der Waals surface area contributed by atoms with Crippen molar-refractivity contribution in [3.63, 3.8) is 0 Å². The molecule has 3 N–H and O–H groups in total. The number of nitrogens with two attached hydrogens (primary N) is 1. The van der Waals surface area contributed by atoms with Crippen molar-refractivity contribution in [3.8, 4) is 17.3 Å². The minimum absolute atomic E-state index is 0.00254. The fraction of sp³-hybridized carbons (Fsp3) is 0.258. The molecular formula is C31H28F2N6O3. The number of ether oxygens (including phenoxy) is 2. The normalized spacial score (nSPS) is 17.1. The van der Waals surface area contributed by atoms with Gasteiger partial charge in [-0.25, -0.2) is 18.4 Å². The molecule has 1 saturated heterocycles. The van der Waals surface area contributed by atoms with Crippen LogP contribution in [-0.2, 0) is 17.7 Å². The lowest BCUT2D eigenvalue weighted by Crippen LogP contribution is -2.39. The van der Waals surface area contributed by atoms with Crippen molar-refractivity contribution in [1.82, 2.24) is 24.6 Å². The summed E-state index contributed by atoms with van der Waals surface area (Å²) >= 11 is 0. The number of carbonyl (C=O) groups excluding carboxylic acids is 1. The van der Waals surface area contributed by atoms with Crippen LogP contribution in [0.3, 0.4) is 0 Å². The number of anilines is 1. The van der Waals surface area contributed by atoms with Crippen LogP contribution in [0.5, 0.6) is 11.6 Å². The van der Waals surface area contributed by atoms with Crippen molar-refractivity contribution < 1.29 is 23.0 Å². The number of halogens is 2. The Balaban J connectivity index is 1.13. The predicted molar refractivity (Wildman–Crippen MR) is 152 cm³/mol. The standard InChI is InChI=1S/C31H28F2N6O3/c1-17-9-28(42-30-23(32)3-2-4-24(30)33)35-14-27(17)39-31(34)22(13-36-39)29(40)26-12-19-10-20-15-38(21-6-8-41-16-21)7-5-18(20)11-25(19)37-26/h2-4,9-14,21,37H,5-8,15-16,34H2,1H3. The number of pyridine rings is 1. The van der Waals surface area contributed by atoms with E-state index in [1.807, 2.05) is 6.07 Å². The molecule has 7 rings (SSSR count). The van der Waals surface area contributed by atoms with E-state index in [0.29, 0.717) is 23.0 Å². The summed E-state index contributed by atoms with van der Waals surface area (Å²) in [6, 6.07) is 11.6. The second-order valence-corrected chi connectivity index (χ2v) is 10.8. The lowest BCUT2D eigenvalue weighted by atomic mass is 9.96. The number of H-pyrrole nitrogens is 1. The van der Waals surface area contributed by atoms with E-state index in [0.717, 1.165) is 62.2 Å². The van der Waals surface area contributed by atoms with Gasteiger partial charge in [0.15, 0.2) is 11.6 Å². The fourth-order valence-electron chi connectivity index (χ4n) is 5.81. The molecule has 5 aromatic rings. The Morgan fingerprint density at radius 1 is 1.14 bits per heavy atom. The summed E-state index contributed by atoms with van der Waals surface area (Å²) < 4.78 is 40.4. The maximum atomic E-state index is 14.0. The molecule has 214 valence electrons. The molecule has 0 bridgehead atoms. The van der Waals surface area contributed by atoms with E-state index in [-0.39, 0.29) is 23.0 Å². The predicted octanol–water partition coefficient (Wildman–Crippen LogP) is 5.09. The van der Waals surface area contributed by atoms with Crippen molar-refractivity contribution >= 4 is 22.5 Å². The first kappa shape index (κ1) is 26.3. The van der Waals surface area contributed by atoms with Crippen LogP contribution in [0.1, 0.15) is 39.2 Å². The number of hydrogen-bond donors (Lipinski definition) is 2. The summed E-state index contributed by atoms with van der Waals surface area (Å²) in [4.78, 5) is 23.5. The number of aromatic nitrogens is 4. The van der Waals surface area contributed by atoms with Crippen molar-refractivity contribution in [2.45, 2.75) is 32.4 Å². The highest BCUT2D eigenvalue weighted by atomic mass is 19.1. The molecule has 1 fully saturated rings. The Hall–Kier alpha value is -4.61. The molecule has 0 aliphatic carbocycles. The van der Waals surface area contributed by atoms with E-state index >= 15 is 0 Å². The van der Waals surface area contributed by atoms with Gasteiger partial charge in [-0.3, -0.25) is 9.69 Å². The number of aromatic amines is 1. The molecule has 3 aromatic heterocycles. The van der Waals surface area contributed by atoms with Crippen molar-refractivity contribution in [3.05, 3.63) is 94.4 Å². The first-order valence-corrected chi connectivity index (χ1v) is 13.8. The Bertz CT molecular complexity index is 1820. The molecule has 42 heavy (non-hydrogen) atoms. The highest BCUT2D eigenvalue weighted by Gasteiger charge is 2.27. The highest BCUT2D eigenvalue weighted by Crippen LogP contribution is 2.31. The Kier molecular flexibility index (Phi) is 6.47. The Morgan fingerprint density at radius 2 is 1.98 bits per heavy atom. The van der Waals surface area contributed by atoms with Gasteiger partial charge in [0.05, 0.1) is 35.9 Å². The molecule has 9 nitrogen and oxygen atoms in total. The molecule has 11 heteroatoms. The Labute approximate surface area is 239 Å². The number of para-hydroxylation sites is 1. The van der Waals surface area contributed by atoms with E-state index in [2.05, 4.69) is 32.1 Å². The van der Waals surface area contributed by atoms with Crippen LogP contribution in [0.2, 0.25) is 0 Å². The largest absolute Gasteiger partial charge is 0.433 e. The van der Waals surface area contributed by atoms with Gasteiger partial charge in [-0.2, -0.15) is 5.10 Å². The van der Waals surface area contributed by atoms with Gasteiger partial charge in [-0.05, 0) is 66.8 Å². The number of rotatable bonds is 6. The van der Waals surface area contributed by atoms with Gasteiger partial charge < -0.3 is 20.2 Å². The van der Waals surface area contributed by atoms with Crippen LogP contribution < -0.4 is 10.5 Å². The fourth-order valence-corrected chi connectivity index (χ4v) is 5.81. The smallest absolute Gasteiger partial charge is 0.219 e. The van der Waals surface area contributed by atoms with Crippen LogP contribution in [0.4, 0.5) is 14.6 Å². The molecule has 5 heterocycles. The first-order chi connectivity index (χ1) is 20.4. The van der Waals surface area contributed by atoms with Gasteiger partial charge in [0, 0.05) is 42.7 Å². The number of fused-ring (bicyclic) bond motifs is 2. The maximum Gasteiger partial charge on any atom is 0.219 e. The van der Waals surface area contributed by atoms with Gasteiger partial charge in [0.1, 0.15) is 5.82 Å². The van der Waals surface area contributed by atoms with E-state index in [1.165, 1.54) is 40.3 Å². The number of hydrogen-bond acceptors (Lipinski definition) is 7. The summed E-state index contributed by atoms with van der Waals surface area (Å²) in [5.41, 5.74) is 11.7. The van der Waals surface area contributed by atoms with Gasteiger partial charge in [-0.15, -0.1) is 0 Å². The summed E-state index contributed by atoms with van der Waals surface area (Å²) in [6.45, 7) is 5.24. The maximum absolute atomic E-state index is 14.0. The third kappa shape index (κ3) is 4.60. The molecule has 2 aromatic carbocycles. The van der Waals surface area contributed by atoms with E-state index in [1.54, 1.807) is 6.92 Å². The molecular weight excluding hydrogens is 542 g/mol. The zero-order valence-electron chi connectivity index (χ0n) is 22.9. The topological polar surface area (TPSA) is 111 Å². The van der Waals surface area contributed by atoms with Gasteiger partial charge >= 0.3 is 0 Å². The molecule has 1 unspecified atom stereocenters. The van der Waals surface area contributed by atoms with Gasteiger partial charge in [0.25, 0.3) is 0 Å². The second kappa shape index (κ2) is 10.3. The molecule has 0 radical (unpaired) electrons. The summed E-state index contributed by atoms with van der Waals surface area (Å²) in [5.74, 6) is -2.34. The summed E-state index contributed by atoms with van der Waals surface area (Å²) in [5, 5.41) is 5.31. The van der Waals surface area contributed by atoms with Gasteiger partial charge in [-0.1, -0.05) is 6.07 Å². The molecule has 2 aliphatic heterocycles. The average molecular weight is 571 g/mol. The van der Waals surface area contributed by atoms with Crippen molar-refractivity contribution in [2.75, 3.05) is 25.5 Å². The molecule has 0 saturated carbocycles. The van der Waals surface area contributed by atoms with Crippen LogP contribution in [0.25, 0.3) is 16.6 Å². The van der Waals surface area contributed by atoms with E-state index < -0.39 is 17.4 Å². The molecule has 0 amide bonds. The van der Waals surface area contributed by atoms with Crippen LogP contribution >= 0.6 is 0 Å². The number of nitrogens with one attached hydrogen (secondary N) is 1. The zero-order valence-corrected chi connectivity index (χ0v) is 22.9. The Morgan fingerprint density at radius 3 is 2.74 bits per heavy atom. The molecule has 1 atom stereocenters. The quantitative estimate of drug-likeness (QED) is 0.274. The second-order valence-electron chi connectivity index (χ2n) is 10.8. The summed E-state index contributed by atoms with van der Waals surface area (Å²) in [7, 11) is 0. The number of carbonyl (C=O) groups is 1. The number of aryl methyl sites for hydroxylation is 1. The van der Waals surface area contributed by atoms with E-state index in [9.17, 15) is 13.6 Å². The third-order valence-corrected chi connectivity index (χ3v) is 8.11. The number of nitrogens with zero attached hydrogens (tertiary/aromatic N) is 4. The lowest BCUT2D eigenvalue weighted by molar-refractivity contribution is 0.103. The minimum atomic E-state index is -0.837. The van der Waals surface area contributed by atoms with Gasteiger partial charge in [0.2, 0.25) is 17.4 Å². The summed E-state index contributed by atoms with van der Waals surface area (Å²) in [6.07, 6.45) is 4.87. The highest BCUT2D eigenvalue weighted by molar-refractivity contribution is 6.12. The van der Waals surface area contributed by atoms with Crippen LogP contribution in [0, 0.1) is 18.6 Å². The molecule has 0 spiro atoms. The number of nitrogen functional groups attached to an aromatic ring is 1. The third-order valence-electron chi connectivity index (χ3n) is 8.11. The van der Waals surface area contributed by atoms with Crippen LogP contribution in [-0.4, -0.2) is 56.2 Å². The van der Waals surface area contributed by atoms with Crippen molar-refractivity contribution in [1.29, 1.82) is 0 Å². The average Bonchev–Trinajstić information content (AvgIpc) is 3.74. The first-order valence-electron chi connectivity index (χ1n) is 13.8. The zero-order chi connectivity index (χ0) is 29.0. The van der Waals surface area contributed by atoms with Crippen LogP contribution in [0.15, 0.2) is 54.9 Å². The number of ketones is 1. The lowest BCUT2D eigenvalue weighted by Gasteiger charge is -2.32.